The van der Waals surface area contributed by atoms with Crippen LogP contribution in [-0.2, 0) is 9.53 Å². The van der Waals surface area contributed by atoms with Gasteiger partial charge in [-0.15, -0.1) is 12.4 Å². The third-order valence-corrected chi connectivity index (χ3v) is 1.77. The summed E-state index contributed by atoms with van der Waals surface area (Å²) in [5, 5.41) is 0. The predicted molar refractivity (Wildman–Crippen MR) is 53.7 cm³/mol. The van der Waals surface area contributed by atoms with Gasteiger partial charge in [-0.1, -0.05) is 12.2 Å². The summed E-state index contributed by atoms with van der Waals surface area (Å²) in [5.74, 6) is -0.281. The van der Waals surface area contributed by atoms with Crippen molar-refractivity contribution in [2.45, 2.75) is 32.4 Å². The molecule has 1 rings (SSSR count). The van der Waals surface area contributed by atoms with Crippen LogP contribution in [0.3, 0.4) is 0 Å². The minimum atomic E-state index is -0.158. The summed E-state index contributed by atoms with van der Waals surface area (Å²) in [4.78, 5) is 11.3. The highest BCUT2D eigenvalue weighted by atomic mass is 35.5. The zero-order valence-corrected chi connectivity index (χ0v) is 8.71. The molecule has 3 nitrogen and oxygen atoms in total. The number of hydrogen-bond donors (Lipinski definition) is 1. The van der Waals surface area contributed by atoms with Gasteiger partial charge < -0.3 is 10.5 Å². The molecule has 0 aliphatic heterocycles. The molecule has 0 saturated carbocycles. The molecule has 0 spiro atoms. The van der Waals surface area contributed by atoms with Crippen LogP contribution in [0.25, 0.3) is 0 Å². The smallest absolute Gasteiger partial charge is 0.313 e. The highest BCUT2D eigenvalue weighted by Gasteiger charge is 2.24. The van der Waals surface area contributed by atoms with Crippen molar-refractivity contribution >= 4 is 18.4 Å². The average Bonchev–Trinajstić information content (AvgIpc) is 2.34. The summed E-state index contributed by atoms with van der Waals surface area (Å²) in [5.41, 5.74) is 5.60. The van der Waals surface area contributed by atoms with Crippen molar-refractivity contribution in [1.29, 1.82) is 0 Å². The lowest BCUT2D eigenvalue weighted by molar-refractivity contribution is -0.150. The van der Waals surface area contributed by atoms with Gasteiger partial charge in [0, 0.05) is 6.04 Å². The number of nitrogens with two attached hydrogens (primary N) is 1. The molecule has 0 aromatic rings. The van der Waals surface area contributed by atoms with Crippen molar-refractivity contribution in [1.82, 2.24) is 0 Å². The molecule has 0 aromatic carbocycles. The average molecular weight is 206 g/mol. The third-order valence-electron chi connectivity index (χ3n) is 1.77. The van der Waals surface area contributed by atoms with Crippen molar-refractivity contribution in [2.24, 2.45) is 11.7 Å². The first-order chi connectivity index (χ1) is 5.59. The van der Waals surface area contributed by atoms with Crippen LogP contribution in [0.4, 0.5) is 0 Å². The quantitative estimate of drug-likeness (QED) is 0.546. The molecule has 4 heteroatoms. The molecule has 0 unspecified atom stereocenters. The Labute approximate surface area is 84.7 Å². The molecule has 2 atom stereocenters. The van der Waals surface area contributed by atoms with Gasteiger partial charge in [-0.2, -0.15) is 0 Å². The highest BCUT2D eigenvalue weighted by Crippen LogP contribution is 2.18. The SMILES string of the molecule is CC(C)OC(=O)[C@@H]1C=C[C@H](N)C1.Cl. The maximum absolute atomic E-state index is 11.3. The van der Waals surface area contributed by atoms with Crippen LogP contribution >= 0.6 is 12.4 Å². The Morgan fingerprint density at radius 2 is 2.15 bits per heavy atom. The molecule has 1 aliphatic rings. The van der Waals surface area contributed by atoms with Crippen molar-refractivity contribution in [3.05, 3.63) is 12.2 Å². The first-order valence-corrected chi connectivity index (χ1v) is 4.24. The fourth-order valence-electron chi connectivity index (χ4n) is 1.22. The van der Waals surface area contributed by atoms with Crippen LogP contribution < -0.4 is 5.73 Å². The van der Waals surface area contributed by atoms with E-state index in [1.54, 1.807) is 0 Å². The van der Waals surface area contributed by atoms with Gasteiger partial charge in [-0.25, -0.2) is 0 Å². The van der Waals surface area contributed by atoms with Gasteiger partial charge in [0.05, 0.1) is 12.0 Å². The summed E-state index contributed by atoms with van der Waals surface area (Å²) in [7, 11) is 0. The number of rotatable bonds is 2. The van der Waals surface area contributed by atoms with Gasteiger partial charge >= 0.3 is 5.97 Å². The normalized spacial score (nSPS) is 25.8. The van der Waals surface area contributed by atoms with E-state index in [4.69, 9.17) is 10.5 Å². The summed E-state index contributed by atoms with van der Waals surface area (Å²) in [6.45, 7) is 3.69. The molecule has 0 heterocycles. The first-order valence-electron chi connectivity index (χ1n) is 4.24. The van der Waals surface area contributed by atoms with E-state index in [0.717, 1.165) is 0 Å². The Hall–Kier alpha value is -0.540. The highest BCUT2D eigenvalue weighted by molar-refractivity contribution is 5.85. The maximum atomic E-state index is 11.3. The summed E-state index contributed by atoms with van der Waals surface area (Å²) < 4.78 is 5.04. The lowest BCUT2D eigenvalue weighted by Crippen LogP contribution is -2.22. The van der Waals surface area contributed by atoms with Crippen LogP contribution in [0.5, 0.6) is 0 Å². The van der Waals surface area contributed by atoms with Gasteiger partial charge in [0.15, 0.2) is 0 Å². The first kappa shape index (κ1) is 12.5. The number of hydrogen-bond acceptors (Lipinski definition) is 3. The minimum absolute atomic E-state index is 0. The molecule has 0 fully saturated rings. The molecule has 2 N–H and O–H groups in total. The molecule has 0 radical (unpaired) electrons. The van der Waals surface area contributed by atoms with E-state index in [1.807, 2.05) is 26.0 Å². The maximum Gasteiger partial charge on any atom is 0.313 e. The van der Waals surface area contributed by atoms with Crippen molar-refractivity contribution in [2.75, 3.05) is 0 Å². The molecule has 0 amide bonds. The van der Waals surface area contributed by atoms with Gasteiger partial charge in [-0.3, -0.25) is 4.79 Å². The molecule has 0 saturated heterocycles. The molecule has 0 aromatic heterocycles. The minimum Gasteiger partial charge on any atom is -0.463 e. The Bertz CT molecular complexity index is 204. The van der Waals surface area contributed by atoms with E-state index >= 15 is 0 Å². The third kappa shape index (κ3) is 3.79. The van der Waals surface area contributed by atoms with E-state index in [-0.39, 0.29) is 36.4 Å². The predicted octanol–water partition coefficient (Wildman–Crippen LogP) is 1.26. The number of carbonyl (C=O) groups excluding carboxylic acids is 1. The molecule has 76 valence electrons. The second-order valence-electron chi connectivity index (χ2n) is 3.38. The zero-order chi connectivity index (χ0) is 9.14. The van der Waals surface area contributed by atoms with Crippen molar-refractivity contribution in [3.63, 3.8) is 0 Å². The summed E-state index contributed by atoms with van der Waals surface area (Å²) >= 11 is 0. The van der Waals surface area contributed by atoms with Crippen LogP contribution in [0.15, 0.2) is 12.2 Å². The standard InChI is InChI=1S/C9H15NO2.ClH/c1-6(2)12-9(11)7-3-4-8(10)5-7;/h3-4,6-8H,5,10H2,1-2H3;1H/t7-,8+;/m1./s1. The van der Waals surface area contributed by atoms with Crippen LogP contribution in [-0.4, -0.2) is 18.1 Å². The monoisotopic (exact) mass is 205 g/mol. The number of esters is 1. The fourth-order valence-corrected chi connectivity index (χ4v) is 1.22. The molecule has 0 bridgehead atoms. The van der Waals surface area contributed by atoms with Crippen molar-refractivity contribution in [3.8, 4) is 0 Å². The second-order valence-corrected chi connectivity index (χ2v) is 3.38. The number of carbonyl (C=O) groups is 1. The molecular weight excluding hydrogens is 190 g/mol. The molecule has 1 aliphatic carbocycles. The lowest BCUT2D eigenvalue weighted by atomic mass is 10.1. The van der Waals surface area contributed by atoms with E-state index in [1.165, 1.54) is 0 Å². The van der Waals surface area contributed by atoms with Crippen LogP contribution in [0, 0.1) is 5.92 Å². The van der Waals surface area contributed by atoms with E-state index in [0.29, 0.717) is 6.42 Å². The number of halogens is 1. The van der Waals surface area contributed by atoms with E-state index in [2.05, 4.69) is 0 Å². The second kappa shape index (κ2) is 5.25. The van der Waals surface area contributed by atoms with Gasteiger partial charge in [0.25, 0.3) is 0 Å². The fraction of sp³-hybridized carbons (Fsp3) is 0.667. The van der Waals surface area contributed by atoms with Crippen molar-refractivity contribution < 1.29 is 9.53 Å². The van der Waals surface area contributed by atoms with Gasteiger partial charge in [-0.05, 0) is 20.3 Å². The Morgan fingerprint density at radius 1 is 1.54 bits per heavy atom. The number of ether oxygens (including phenoxy) is 1. The Kier molecular flexibility index (Phi) is 5.03. The summed E-state index contributed by atoms with van der Waals surface area (Å²) in [6.07, 6.45) is 4.33. The molecular formula is C9H16ClNO2. The van der Waals surface area contributed by atoms with E-state index < -0.39 is 0 Å². The van der Waals surface area contributed by atoms with Crippen LogP contribution in [0.1, 0.15) is 20.3 Å². The van der Waals surface area contributed by atoms with Gasteiger partial charge in [0.1, 0.15) is 0 Å². The topological polar surface area (TPSA) is 52.3 Å². The Morgan fingerprint density at radius 3 is 2.54 bits per heavy atom. The van der Waals surface area contributed by atoms with E-state index in [9.17, 15) is 4.79 Å². The van der Waals surface area contributed by atoms with Crippen LogP contribution in [0.2, 0.25) is 0 Å². The Balaban J connectivity index is 0.00000144. The summed E-state index contributed by atoms with van der Waals surface area (Å²) in [6, 6.07) is 0.0229. The zero-order valence-electron chi connectivity index (χ0n) is 7.90. The molecule has 13 heavy (non-hydrogen) atoms. The lowest BCUT2D eigenvalue weighted by Gasteiger charge is -2.11. The van der Waals surface area contributed by atoms with Gasteiger partial charge in [0.2, 0.25) is 0 Å². The largest absolute Gasteiger partial charge is 0.463 e.